The molecule has 0 saturated carbocycles. The molecule has 0 spiro atoms. The van der Waals surface area contributed by atoms with E-state index in [1.165, 1.54) is 19.3 Å². The van der Waals surface area contributed by atoms with Gasteiger partial charge in [0.1, 0.15) is 0 Å². The summed E-state index contributed by atoms with van der Waals surface area (Å²) in [7, 11) is 3.08. The van der Waals surface area contributed by atoms with E-state index in [2.05, 4.69) is 15.0 Å². The number of halogens is 2. The third-order valence-electron chi connectivity index (χ3n) is 4.59. The average Bonchev–Trinajstić information content (AvgIpc) is 2.68. The minimum atomic E-state index is -2.92. The SMILES string of the molecule is COCCCN1CCC(NC(=O)/C=C\c2ccc(OC(F)F)c(OC)c2)CC1. The molecule has 1 saturated heterocycles. The Kier molecular flexibility index (Phi) is 9.16. The number of amides is 1. The van der Waals surface area contributed by atoms with Crippen LogP contribution in [-0.4, -0.2) is 63.9 Å². The molecule has 1 amide bonds. The van der Waals surface area contributed by atoms with Gasteiger partial charge in [0.05, 0.1) is 7.11 Å². The second-order valence-electron chi connectivity index (χ2n) is 6.59. The summed E-state index contributed by atoms with van der Waals surface area (Å²) >= 11 is 0. The van der Waals surface area contributed by atoms with E-state index in [1.807, 2.05) is 0 Å². The van der Waals surface area contributed by atoms with E-state index < -0.39 is 6.61 Å². The van der Waals surface area contributed by atoms with Crippen molar-refractivity contribution in [3.8, 4) is 11.5 Å². The van der Waals surface area contributed by atoms with Gasteiger partial charge in [-0.3, -0.25) is 4.79 Å². The highest BCUT2D eigenvalue weighted by Gasteiger charge is 2.19. The molecule has 0 bridgehead atoms. The minimum Gasteiger partial charge on any atom is -0.493 e. The highest BCUT2D eigenvalue weighted by atomic mass is 19.3. The van der Waals surface area contributed by atoms with Crippen molar-refractivity contribution in [2.75, 3.05) is 40.5 Å². The van der Waals surface area contributed by atoms with Crippen LogP contribution in [0.5, 0.6) is 11.5 Å². The third-order valence-corrected chi connectivity index (χ3v) is 4.59. The number of piperidine rings is 1. The normalized spacial score (nSPS) is 15.9. The lowest BCUT2D eigenvalue weighted by molar-refractivity contribution is -0.117. The molecule has 6 nitrogen and oxygen atoms in total. The molecule has 1 aromatic carbocycles. The van der Waals surface area contributed by atoms with Crippen LogP contribution in [0.3, 0.4) is 0 Å². The molecule has 0 radical (unpaired) electrons. The van der Waals surface area contributed by atoms with E-state index >= 15 is 0 Å². The maximum absolute atomic E-state index is 12.4. The van der Waals surface area contributed by atoms with E-state index in [0.29, 0.717) is 5.56 Å². The van der Waals surface area contributed by atoms with Crippen molar-refractivity contribution in [2.45, 2.75) is 31.9 Å². The number of likely N-dealkylation sites (tertiary alicyclic amines) is 1. The lowest BCUT2D eigenvalue weighted by Gasteiger charge is -2.32. The van der Waals surface area contributed by atoms with Crippen molar-refractivity contribution in [3.05, 3.63) is 29.8 Å². The van der Waals surface area contributed by atoms with Crippen molar-refractivity contribution < 1.29 is 27.8 Å². The summed E-state index contributed by atoms with van der Waals surface area (Å²) in [5.41, 5.74) is 0.654. The van der Waals surface area contributed by atoms with E-state index in [0.717, 1.165) is 45.5 Å². The Morgan fingerprint density at radius 1 is 1.29 bits per heavy atom. The van der Waals surface area contributed by atoms with Crippen LogP contribution < -0.4 is 14.8 Å². The molecule has 0 aromatic heterocycles. The van der Waals surface area contributed by atoms with Gasteiger partial charge in [-0.25, -0.2) is 0 Å². The Bertz CT molecular complexity index is 647. The predicted octanol–water partition coefficient (Wildman–Crippen LogP) is 2.93. The molecule has 0 unspecified atom stereocenters. The first kappa shape index (κ1) is 22.1. The standard InChI is InChI=1S/C20H28F2N2O4/c1-26-13-3-10-24-11-8-16(9-12-24)23-19(25)7-5-15-4-6-17(28-20(21)22)18(14-15)27-2/h4-7,14,16,20H,3,8-13H2,1-2H3,(H,23,25)/b7-5-. The largest absolute Gasteiger partial charge is 0.493 e. The number of carbonyl (C=O) groups excluding carboxylic acids is 1. The molecule has 1 fully saturated rings. The maximum atomic E-state index is 12.4. The highest BCUT2D eigenvalue weighted by molar-refractivity contribution is 5.92. The van der Waals surface area contributed by atoms with Crippen molar-refractivity contribution in [1.29, 1.82) is 0 Å². The monoisotopic (exact) mass is 398 g/mol. The van der Waals surface area contributed by atoms with Crippen LogP contribution >= 0.6 is 0 Å². The first-order chi connectivity index (χ1) is 13.5. The van der Waals surface area contributed by atoms with Crippen molar-refractivity contribution in [1.82, 2.24) is 10.2 Å². The van der Waals surface area contributed by atoms with Crippen LogP contribution in [0, 0.1) is 0 Å². The van der Waals surface area contributed by atoms with Gasteiger partial charge < -0.3 is 24.4 Å². The minimum absolute atomic E-state index is 0.0450. The summed E-state index contributed by atoms with van der Waals surface area (Å²) in [6.07, 6.45) is 5.90. The van der Waals surface area contributed by atoms with Gasteiger partial charge in [-0.05, 0) is 43.0 Å². The van der Waals surface area contributed by atoms with E-state index in [-0.39, 0.29) is 23.4 Å². The molecule has 1 heterocycles. The fraction of sp³-hybridized carbons (Fsp3) is 0.550. The molecular weight excluding hydrogens is 370 g/mol. The molecule has 2 rings (SSSR count). The molecule has 1 aliphatic heterocycles. The van der Waals surface area contributed by atoms with Crippen LogP contribution in [-0.2, 0) is 9.53 Å². The summed E-state index contributed by atoms with van der Waals surface area (Å²) in [6, 6.07) is 4.68. The second-order valence-corrected chi connectivity index (χ2v) is 6.59. The number of hydrogen-bond donors (Lipinski definition) is 1. The maximum Gasteiger partial charge on any atom is 0.387 e. The second kappa shape index (κ2) is 11.6. The summed E-state index contributed by atoms with van der Waals surface area (Å²) in [5.74, 6) is -0.0372. The van der Waals surface area contributed by atoms with Crippen LogP contribution in [0.1, 0.15) is 24.8 Å². The quantitative estimate of drug-likeness (QED) is 0.485. The van der Waals surface area contributed by atoms with E-state index in [9.17, 15) is 13.6 Å². The number of carbonyl (C=O) groups is 1. The molecule has 8 heteroatoms. The topological polar surface area (TPSA) is 60.0 Å². The summed E-state index contributed by atoms with van der Waals surface area (Å²) in [6.45, 7) is 0.776. The molecule has 0 aliphatic carbocycles. The lowest BCUT2D eigenvalue weighted by atomic mass is 10.0. The Morgan fingerprint density at radius 2 is 2.04 bits per heavy atom. The number of hydrogen-bond acceptors (Lipinski definition) is 5. The third kappa shape index (κ3) is 7.44. The number of ether oxygens (including phenoxy) is 3. The van der Waals surface area contributed by atoms with Crippen LogP contribution in [0.15, 0.2) is 24.3 Å². The van der Waals surface area contributed by atoms with E-state index in [4.69, 9.17) is 9.47 Å². The predicted molar refractivity (Wildman–Crippen MR) is 103 cm³/mol. The van der Waals surface area contributed by atoms with Gasteiger partial charge in [0.2, 0.25) is 5.91 Å². The van der Waals surface area contributed by atoms with Crippen LogP contribution in [0.25, 0.3) is 6.08 Å². The summed E-state index contributed by atoms with van der Waals surface area (Å²) in [4.78, 5) is 14.5. The van der Waals surface area contributed by atoms with Crippen molar-refractivity contribution >= 4 is 12.0 Å². The zero-order valence-corrected chi connectivity index (χ0v) is 16.3. The Balaban J connectivity index is 1.81. The Morgan fingerprint density at radius 3 is 2.68 bits per heavy atom. The molecule has 156 valence electrons. The summed E-state index contributed by atoms with van der Waals surface area (Å²) < 4.78 is 39.2. The lowest BCUT2D eigenvalue weighted by Crippen LogP contribution is -2.44. The zero-order chi connectivity index (χ0) is 20.4. The molecule has 1 aromatic rings. The molecule has 28 heavy (non-hydrogen) atoms. The fourth-order valence-electron chi connectivity index (χ4n) is 3.14. The first-order valence-corrected chi connectivity index (χ1v) is 9.34. The molecule has 0 atom stereocenters. The van der Waals surface area contributed by atoms with Gasteiger partial charge in [0, 0.05) is 45.5 Å². The van der Waals surface area contributed by atoms with Crippen molar-refractivity contribution in [2.24, 2.45) is 0 Å². The van der Waals surface area contributed by atoms with Gasteiger partial charge in [-0.1, -0.05) is 6.07 Å². The number of rotatable bonds is 10. The van der Waals surface area contributed by atoms with Crippen LogP contribution in [0.2, 0.25) is 0 Å². The van der Waals surface area contributed by atoms with Gasteiger partial charge in [-0.15, -0.1) is 0 Å². The first-order valence-electron chi connectivity index (χ1n) is 9.34. The van der Waals surface area contributed by atoms with Crippen molar-refractivity contribution in [3.63, 3.8) is 0 Å². The van der Waals surface area contributed by atoms with Gasteiger partial charge in [0.25, 0.3) is 0 Å². The Hall–Kier alpha value is -2.19. The van der Waals surface area contributed by atoms with Gasteiger partial charge >= 0.3 is 6.61 Å². The summed E-state index contributed by atoms with van der Waals surface area (Å²) in [5, 5.41) is 3.01. The fourth-order valence-corrected chi connectivity index (χ4v) is 3.14. The number of nitrogens with zero attached hydrogens (tertiary/aromatic N) is 1. The molecule has 1 N–H and O–H groups in total. The van der Waals surface area contributed by atoms with E-state index in [1.54, 1.807) is 25.3 Å². The Labute approximate surface area is 164 Å². The number of alkyl halides is 2. The number of methoxy groups -OCH3 is 2. The van der Waals surface area contributed by atoms with Crippen LogP contribution in [0.4, 0.5) is 8.78 Å². The highest BCUT2D eigenvalue weighted by Crippen LogP contribution is 2.29. The molecular formula is C20H28F2N2O4. The zero-order valence-electron chi connectivity index (χ0n) is 16.3. The van der Waals surface area contributed by atoms with Gasteiger partial charge in [-0.2, -0.15) is 8.78 Å². The smallest absolute Gasteiger partial charge is 0.387 e. The molecule has 1 aliphatic rings. The number of benzene rings is 1. The number of nitrogens with one attached hydrogen (secondary N) is 1. The van der Waals surface area contributed by atoms with Gasteiger partial charge in [0.15, 0.2) is 11.5 Å². The average molecular weight is 398 g/mol.